The molecule has 9 heteroatoms. The summed E-state index contributed by atoms with van der Waals surface area (Å²) in [6.45, 7) is 2.48. The second-order valence-corrected chi connectivity index (χ2v) is 6.53. The van der Waals surface area contributed by atoms with Gasteiger partial charge in [-0.05, 0) is 43.0 Å². The zero-order valence-corrected chi connectivity index (χ0v) is 16.2. The van der Waals surface area contributed by atoms with E-state index in [2.05, 4.69) is 17.6 Å². The van der Waals surface area contributed by atoms with Crippen molar-refractivity contribution < 1.29 is 27.4 Å². The van der Waals surface area contributed by atoms with Gasteiger partial charge in [-0.1, -0.05) is 13.0 Å². The fourth-order valence-electron chi connectivity index (χ4n) is 2.87. The number of aryl methyl sites for hydroxylation is 1. The minimum absolute atomic E-state index is 0. The van der Waals surface area contributed by atoms with E-state index >= 15 is 0 Å². The van der Waals surface area contributed by atoms with Crippen molar-refractivity contribution in [2.45, 2.75) is 38.4 Å². The molecule has 0 saturated carbocycles. The molecular formula is C18H26ClF3N2O3. The Morgan fingerprint density at radius 2 is 2.07 bits per heavy atom. The molecule has 2 unspecified atom stereocenters. The molecule has 154 valence electrons. The van der Waals surface area contributed by atoms with Gasteiger partial charge in [0.05, 0.1) is 7.11 Å². The largest absolute Gasteiger partial charge is 0.493 e. The highest BCUT2D eigenvalue weighted by Crippen LogP contribution is 2.30. The maximum Gasteiger partial charge on any atom is 0.422 e. The van der Waals surface area contributed by atoms with Gasteiger partial charge in [0.1, 0.15) is 0 Å². The number of carbonyl (C=O) groups excluding carboxylic acids is 1. The van der Waals surface area contributed by atoms with E-state index < -0.39 is 12.8 Å². The molecule has 1 saturated heterocycles. The fourth-order valence-corrected chi connectivity index (χ4v) is 2.87. The maximum atomic E-state index is 12.3. The van der Waals surface area contributed by atoms with Gasteiger partial charge >= 0.3 is 6.18 Å². The Morgan fingerprint density at radius 3 is 2.70 bits per heavy atom. The van der Waals surface area contributed by atoms with Crippen LogP contribution >= 0.6 is 12.4 Å². The third-order valence-electron chi connectivity index (χ3n) is 4.43. The van der Waals surface area contributed by atoms with Crippen LogP contribution in [0.1, 0.15) is 25.3 Å². The van der Waals surface area contributed by atoms with E-state index in [-0.39, 0.29) is 35.9 Å². The van der Waals surface area contributed by atoms with Gasteiger partial charge in [0.2, 0.25) is 5.91 Å². The van der Waals surface area contributed by atoms with Crippen LogP contribution in [-0.4, -0.2) is 44.9 Å². The maximum absolute atomic E-state index is 12.3. The number of benzene rings is 1. The normalized spacial score (nSPS) is 19.7. The van der Waals surface area contributed by atoms with Crippen LogP contribution in [0.15, 0.2) is 18.2 Å². The van der Waals surface area contributed by atoms with Crippen LogP contribution in [0.2, 0.25) is 0 Å². The minimum Gasteiger partial charge on any atom is -0.493 e. The van der Waals surface area contributed by atoms with E-state index in [1.807, 2.05) is 0 Å². The van der Waals surface area contributed by atoms with E-state index in [9.17, 15) is 18.0 Å². The van der Waals surface area contributed by atoms with Crippen molar-refractivity contribution in [3.63, 3.8) is 0 Å². The highest BCUT2D eigenvalue weighted by molar-refractivity contribution is 5.85. The Morgan fingerprint density at radius 1 is 1.33 bits per heavy atom. The van der Waals surface area contributed by atoms with E-state index in [0.29, 0.717) is 18.8 Å². The van der Waals surface area contributed by atoms with Crippen LogP contribution in [0, 0.1) is 5.92 Å². The van der Waals surface area contributed by atoms with Gasteiger partial charge in [-0.25, -0.2) is 0 Å². The van der Waals surface area contributed by atoms with Gasteiger partial charge in [0.15, 0.2) is 18.1 Å². The molecule has 2 rings (SSSR count). The lowest BCUT2D eigenvalue weighted by Gasteiger charge is -2.30. The Hall–Kier alpha value is -1.67. The molecule has 1 heterocycles. The smallest absolute Gasteiger partial charge is 0.422 e. The molecule has 1 aromatic carbocycles. The van der Waals surface area contributed by atoms with Gasteiger partial charge < -0.3 is 20.1 Å². The summed E-state index contributed by atoms with van der Waals surface area (Å²) in [5.41, 5.74) is 0.797. The van der Waals surface area contributed by atoms with E-state index in [1.54, 1.807) is 12.1 Å². The van der Waals surface area contributed by atoms with Gasteiger partial charge in [-0.15, -0.1) is 12.4 Å². The molecule has 1 amide bonds. The monoisotopic (exact) mass is 410 g/mol. The highest BCUT2D eigenvalue weighted by atomic mass is 35.5. The molecule has 5 nitrogen and oxygen atoms in total. The van der Waals surface area contributed by atoms with Gasteiger partial charge in [-0.3, -0.25) is 4.79 Å². The molecule has 1 fully saturated rings. The molecule has 0 aromatic heterocycles. The zero-order chi connectivity index (χ0) is 19.2. The first-order valence-electron chi connectivity index (χ1n) is 8.65. The highest BCUT2D eigenvalue weighted by Gasteiger charge is 2.29. The first-order chi connectivity index (χ1) is 12.3. The number of piperidine rings is 1. The van der Waals surface area contributed by atoms with Gasteiger partial charge in [-0.2, -0.15) is 13.2 Å². The number of halogens is 4. The van der Waals surface area contributed by atoms with Crippen LogP contribution in [-0.2, 0) is 11.2 Å². The number of ether oxygens (including phenoxy) is 2. The van der Waals surface area contributed by atoms with Gasteiger partial charge in [0.25, 0.3) is 0 Å². The molecule has 0 radical (unpaired) electrons. The van der Waals surface area contributed by atoms with Crippen molar-refractivity contribution in [2.24, 2.45) is 5.92 Å². The number of amides is 1. The molecule has 0 spiro atoms. The predicted octanol–water partition coefficient (Wildman–Crippen LogP) is 3.10. The Labute approximate surface area is 163 Å². The molecular weight excluding hydrogens is 385 g/mol. The first kappa shape index (κ1) is 23.4. The number of hydrogen-bond acceptors (Lipinski definition) is 4. The Balaban J connectivity index is 0.00000364. The zero-order valence-electron chi connectivity index (χ0n) is 15.4. The quantitative estimate of drug-likeness (QED) is 0.725. The summed E-state index contributed by atoms with van der Waals surface area (Å²) in [7, 11) is 1.36. The number of alkyl halides is 3. The van der Waals surface area contributed by atoms with E-state index in [1.165, 1.54) is 13.2 Å². The molecule has 27 heavy (non-hydrogen) atoms. The van der Waals surface area contributed by atoms with Crippen LogP contribution < -0.4 is 20.1 Å². The van der Waals surface area contributed by atoms with Crippen LogP contribution in [0.3, 0.4) is 0 Å². The topological polar surface area (TPSA) is 59.6 Å². The standard InChI is InChI=1S/C18H25F3N2O3.ClH/c1-12-7-8-22-10-14(12)23-17(24)6-4-13-3-5-15(16(9-13)25-2)26-11-18(19,20)21;/h3,5,9,12,14,22H,4,6-8,10-11H2,1-2H3,(H,23,24);1H. The fraction of sp³-hybridized carbons (Fsp3) is 0.611. The third-order valence-corrected chi connectivity index (χ3v) is 4.43. The van der Waals surface area contributed by atoms with Crippen LogP contribution in [0.4, 0.5) is 13.2 Å². The summed E-state index contributed by atoms with van der Waals surface area (Å²) >= 11 is 0. The molecule has 0 bridgehead atoms. The third kappa shape index (κ3) is 7.84. The number of carbonyl (C=O) groups is 1. The molecule has 2 N–H and O–H groups in total. The summed E-state index contributed by atoms with van der Waals surface area (Å²) in [6.07, 6.45) is -2.61. The summed E-state index contributed by atoms with van der Waals surface area (Å²) in [4.78, 5) is 12.1. The van der Waals surface area contributed by atoms with Crippen molar-refractivity contribution in [1.82, 2.24) is 10.6 Å². The minimum atomic E-state index is -4.41. The summed E-state index contributed by atoms with van der Waals surface area (Å²) < 4.78 is 46.7. The average Bonchev–Trinajstić information content (AvgIpc) is 2.59. The number of methoxy groups -OCH3 is 1. The lowest BCUT2D eigenvalue weighted by Crippen LogP contribution is -2.50. The molecule has 1 aliphatic rings. The Bertz CT molecular complexity index is 614. The lowest BCUT2D eigenvalue weighted by molar-refractivity contribution is -0.153. The lowest BCUT2D eigenvalue weighted by atomic mass is 9.94. The number of hydrogen-bond donors (Lipinski definition) is 2. The van der Waals surface area contributed by atoms with Crippen molar-refractivity contribution in [2.75, 3.05) is 26.8 Å². The van der Waals surface area contributed by atoms with Gasteiger partial charge in [0, 0.05) is 19.0 Å². The predicted molar refractivity (Wildman–Crippen MR) is 98.7 cm³/mol. The molecule has 0 aliphatic carbocycles. The second kappa shape index (κ2) is 10.6. The van der Waals surface area contributed by atoms with Crippen molar-refractivity contribution in [3.8, 4) is 11.5 Å². The number of nitrogens with one attached hydrogen (secondary N) is 2. The van der Waals surface area contributed by atoms with Crippen molar-refractivity contribution in [3.05, 3.63) is 23.8 Å². The van der Waals surface area contributed by atoms with E-state index in [0.717, 1.165) is 25.1 Å². The summed E-state index contributed by atoms with van der Waals surface area (Å²) in [5, 5.41) is 6.30. The van der Waals surface area contributed by atoms with Crippen molar-refractivity contribution in [1.29, 1.82) is 0 Å². The molecule has 1 aliphatic heterocycles. The second-order valence-electron chi connectivity index (χ2n) is 6.53. The van der Waals surface area contributed by atoms with Crippen LogP contribution in [0.25, 0.3) is 0 Å². The average molecular weight is 411 g/mol. The summed E-state index contributed by atoms with van der Waals surface area (Å²) in [6, 6.07) is 4.81. The first-order valence-corrected chi connectivity index (χ1v) is 8.65. The molecule has 2 atom stereocenters. The molecule has 1 aromatic rings. The number of rotatable bonds is 7. The summed E-state index contributed by atoms with van der Waals surface area (Å²) in [5.74, 6) is 0.643. The SMILES string of the molecule is COc1cc(CCC(=O)NC2CNCCC2C)ccc1OCC(F)(F)F.Cl. The van der Waals surface area contributed by atoms with Crippen molar-refractivity contribution >= 4 is 18.3 Å². The van der Waals surface area contributed by atoms with Crippen LogP contribution in [0.5, 0.6) is 11.5 Å². The Kier molecular flexibility index (Phi) is 9.18. The van der Waals surface area contributed by atoms with E-state index in [4.69, 9.17) is 9.47 Å².